The molecule has 1 nitrogen and oxygen atoms in total. The summed E-state index contributed by atoms with van der Waals surface area (Å²) in [4.78, 5) is 0. The molecule has 3 aliphatic carbocycles. The Morgan fingerprint density at radius 3 is 2.58 bits per heavy atom. The van der Waals surface area contributed by atoms with Crippen molar-refractivity contribution in [2.24, 2.45) is 5.41 Å². The molecule has 2 atom stereocenters. The summed E-state index contributed by atoms with van der Waals surface area (Å²) < 4.78 is 0. The summed E-state index contributed by atoms with van der Waals surface area (Å²) in [6.45, 7) is 2.47. The zero-order chi connectivity index (χ0) is 17.8. The third-order valence-electron chi connectivity index (χ3n) is 7.57. The number of allylic oxidation sites excluding steroid dienone is 2. The van der Waals surface area contributed by atoms with Crippen molar-refractivity contribution in [2.75, 3.05) is 0 Å². The van der Waals surface area contributed by atoms with Crippen molar-refractivity contribution in [2.45, 2.75) is 63.7 Å². The maximum Gasteiger partial charge on any atom is 0.115 e. The van der Waals surface area contributed by atoms with Crippen LogP contribution in [0.15, 0.2) is 59.7 Å². The molecule has 3 aliphatic rings. The van der Waals surface area contributed by atoms with Crippen molar-refractivity contribution in [1.29, 1.82) is 0 Å². The highest BCUT2D eigenvalue weighted by molar-refractivity contribution is 5.52. The van der Waals surface area contributed by atoms with Crippen molar-refractivity contribution in [1.82, 2.24) is 0 Å². The Balaban J connectivity index is 1.61. The van der Waals surface area contributed by atoms with E-state index in [-0.39, 0.29) is 5.41 Å². The fourth-order valence-electron chi connectivity index (χ4n) is 6.32. The average molecular weight is 344 g/mol. The molecule has 26 heavy (non-hydrogen) atoms. The average Bonchev–Trinajstić information content (AvgIpc) is 3.06. The second kappa shape index (κ2) is 5.74. The number of fused-ring (bicyclic) bond motifs is 4. The molecule has 2 aromatic carbocycles. The Morgan fingerprint density at radius 2 is 1.73 bits per heavy atom. The molecule has 0 radical (unpaired) electrons. The molecule has 0 bridgehead atoms. The van der Waals surface area contributed by atoms with Gasteiger partial charge in [0.05, 0.1) is 0 Å². The molecular weight excluding hydrogens is 316 g/mol. The lowest BCUT2D eigenvalue weighted by molar-refractivity contribution is 0.252. The first-order valence-electron chi connectivity index (χ1n) is 10.2. The number of aromatic hydroxyl groups is 1. The number of hydrogen-bond acceptors (Lipinski definition) is 1. The predicted molar refractivity (Wildman–Crippen MR) is 106 cm³/mol. The maximum absolute atomic E-state index is 9.91. The van der Waals surface area contributed by atoms with Crippen LogP contribution in [0.1, 0.15) is 62.1 Å². The second-order valence-corrected chi connectivity index (χ2v) is 8.93. The summed E-state index contributed by atoms with van der Waals surface area (Å²) in [5.41, 5.74) is 8.47. The quantitative estimate of drug-likeness (QED) is 0.653. The number of phenolic OH excluding ortho intramolecular Hbond substituents is 1. The molecule has 1 saturated carbocycles. The van der Waals surface area contributed by atoms with Gasteiger partial charge in [-0.05, 0) is 85.6 Å². The molecule has 5 rings (SSSR count). The fourth-order valence-corrected chi connectivity index (χ4v) is 6.32. The third kappa shape index (κ3) is 2.29. The topological polar surface area (TPSA) is 20.2 Å². The second-order valence-electron chi connectivity index (χ2n) is 8.93. The smallest absolute Gasteiger partial charge is 0.115 e. The van der Waals surface area contributed by atoms with Gasteiger partial charge in [-0.15, -0.1) is 0 Å². The van der Waals surface area contributed by atoms with Crippen molar-refractivity contribution in [3.8, 4) is 5.75 Å². The summed E-state index contributed by atoms with van der Waals surface area (Å²) in [6, 6.07) is 17.2. The summed E-state index contributed by atoms with van der Waals surface area (Å²) in [7, 11) is 0. The molecule has 0 spiro atoms. The van der Waals surface area contributed by atoms with Gasteiger partial charge in [0.25, 0.3) is 0 Å². The van der Waals surface area contributed by atoms with Crippen LogP contribution < -0.4 is 0 Å². The normalized spacial score (nSPS) is 29.9. The van der Waals surface area contributed by atoms with Crippen LogP contribution in [0.2, 0.25) is 0 Å². The molecule has 0 heterocycles. The molecule has 1 heteroatoms. The minimum atomic E-state index is 0.182. The van der Waals surface area contributed by atoms with Crippen LogP contribution >= 0.6 is 0 Å². The molecule has 1 N–H and O–H groups in total. The lowest BCUT2D eigenvalue weighted by Gasteiger charge is -2.49. The molecule has 0 saturated heterocycles. The minimum Gasteiger partial charge on any atom is -0.508 e. The number of phenols is 1. The van der Waals surface area contributed by atoms with Gasteiger partial charge in [-0.3, -0.25) is 0 Å². The van der Waals surface area contributed by atoms with Crippen LogP contribution in [0.4, 0.5) is 0 Å². The lowest BCUT2D eigenvalue weighted by Crippen LogP contribution is -2.40. The maximum atomic E-state index is 9.91. The van der Waals surface area contributed by atoms with E-state index in [4.69, 9.17) is 0 Å². The molecule has 2 unspecified atom stereocenters. The van der Waals surface area contributed by atoms with Gasteiger partial charge in [-0.25, -0.2) is 0 Å². The standard InChI is InChI=1S/C25H28O/c1-24-14-15-25(17-18-6-3-2-4-7-18)13-5-8-23(25)22(24)11-9-19-16-20(26)10-12-21(19)24/h2-4,6-7,10,12,16,26H,5,8-9,11,13-15,17H2,1H3. The molecule has 2 aromatic rings. The van der Waals surface area contributed by atoms with Gasteiger partial charge in [0.1, 0.15) is 5.75 Å². The molecule has 134 valence electrons. The molecule has 0 aromatic heterocycles. The van der Waals surface area contributed by atoms with E-state index >= 15 is 0 Å². The Hall–Kier alpha value is -2.02. The highest BCUT2D eigenvalue weighted by Gasteiger charge is 2.50. The van der Waals surface area contributed by atoms with Crippen molar-refractivity contribution in [3.05, 3.63) is 76.4 Å². The van der Waals surface area contributed by atoms with Gasteiger partial charge >= 0.3 is 0 Å². The zero-order valence-electron chi connectivity index (χ0n) is 15.7. The van der Waals surface area contributed by atoms with E-state index in [9.17, 15) is 5.11 Å². The monoisotopic (exact) mass is 344 g/mol. The van der Waals surface area contributed by atoms with E-state index in [2.05, 4.69) is 43.3 Å². The van der Waals surface area contributed by atoms with E-state index in [0.29, 0.717) is 11.2 Å². The van der Waals surface area contributed by atoms with Crippen LogP contribution in [-0.4, -0.2) is 5.11 Å². The molecule has 1 fully saturated rings. The van der Waals surface area contributed by atoms with Gasteiger partial charge < -0.3 is 5.11 Å². The largest absolute Gasteiger partial charge is 0.508 e. The number of benzene rings is 2. The van der Waals surface area contributed by atoms with Crippen molar-refractivity contribution in [3.63, 3.8) is 0 Å². The summed E-state index contributed by atoms with van der Waals surface area (Å²) in [6.07, 6.45) is 10.0. The third-order valence-corrected chi connectivity index (χ3v) is 7.57. The Morgan fingerprint density at radius 1 is 0.885 bits per heavy atom. The minimum absolute atomic E-state index is 0.182. The molecule has 0 aliphatic heterocycles. The summed E-state index contributed by atoms with van der Waals surface area (Å²) >= 11 is 0. The first kappa shape index (κ1) is 16.2. The molecular formula is C25H28O. The summed E-state index contributed by atoms with van der Waals surface area (Å²) in [5, 5.41) is 9.91. The Kier molecular flexibility index (Phi) is 3.57. The van der Waals surface area contributed by atoms with E-state index in [0.717, 1.165) is 6.42 Å². The fraction of sp³-hybridized carbons (Fsp3) is 0.440. The lowest BCUT2D eigenvalue weighted by atomic mass is 9.55. The highest BCUT2D eigenvalue weighted by atomic mass is 16.3. The van der Waals surface area contributed by atoms with E-state index in [1.165, 1.54) is 61.6 Å². The van der Waals surface area contributed by atoms with Crippen LogP contribution in [0.25, 0.3) is 0 Å². The number of hydrogen-bond donors (Lipinski definition) is 1. The first-order chi connectivity index (χ1) is 12.6. The van der Waals surface area contributed by atoms with E-state index in [1.54, 1.807) is 11.1 Å². The number of aryl methyl sites for hydroxylation is 1. The van der Waals surface area contributed by atoms with Crippen molar-refractivity contribution < 1.29 is 5.11 Å². The van der Waals surface area contributed by atoms with Crippen LogP contribution in [0, 0.1) is 5.41 Å². The molecule has 0 amide bonds. The summed E-state index contributed by atoms with van der Waals surface area (Å²) in [5.74, 6) is 0.415. The predicted octanol–water partition coefficient (Wildman–Crippen LogP) is 6.10. The van der Waals surface area contributed by atoms with Crippen LogP contribution in [-0.2, 0) is 18.3 Å². The van der Waals surface area contributed by atoms with Gasteiger partial charge in [0.15, 0.2) is 0 Å². The van der Waals surface area contributed by atoms with E-state index in [1.807, 2.05) is 12.1 Å². The number of rotatable bonds is 2. The van der Waals surface area contributed by atoms with Gasteiger partial charge in [0, 0.05) is 5.41 Å². The first-order valence-corrected chi connectivity index (χ1v) is 10.2. The Labute approximate surface area is 156 Å². The SMILES string of the molecule is CC12CCC3(Cc4ccccc4)CCCC3=C1CCc1cc(O)ccc12. The van der Waals surface area contributed by atoms with Gasteiger partial charge in [-0.1, -0.05) is 54.5 Å². The zero-order valence-corrected chi connectivity index (χ0v) is 15.7. The van der Waals surface area contributed by atoms with Gasteiger partial charge in [-0.2, -0.15) is 0 Å². The van der Waals surface area contributed by atoms with Crippen LogP contribution in [0.5, 0.6) is 5.75 Å². The van der Waals surface area contributed by atoms with Crippen LogP contribution in [0.3, 0.4) is 0 Å². The highest BCUT2D eigenvalue weighted by Crippen LogP contribution is 2.61. The van der Waals surface area contributed by atoms with Crippen molar-refractivity contribution >= 4 is 0 Å². The Bertz CT molecular complexity index is 878. The van der Waals surface area contributed by atoms with Gasteiger partial charge in [0.2, 0.25) is 0 Å². The van der Waals surface area contributed by atoms with E-state index < -0.39 is 0 Å².